The molecule has 0 spiro atoms. The molecule has 0 unspecified atom stereocenters. The maximum Gasteiger partial charge on any atom is 0.344 e. The first-order valence-corrected chi connectivity index (χ1v) is 8.21. The van der Waals surface area contributed by atoms with Gasteiger partial charge in [-0.2, -0.15) is 0 Å². The Kier molecular flexibility index (Phi) is 7.13. The normalized spacial score (nSPS) is 10.2. The fourth-order valence-electron chi connectivity index (χ4n) is 1.60. The molecule has 0 fully saturated rings. The summed E-state index contributed by atoms with van der Waals surface area (Å²) in [4.78, 5) is 27.1. The maximum atomic E-state index is 11.7. The van der Waals surface area contributed by atoms with Gasteiger partial charge in [0.15, 0.2) is 18.4 Å². The van der Waals surface area contributed by atoms with Crippen LogP contribution in [0.5, 0.6) is 5.75 Å². The first kappa shape index (κ1) is 19.6. The molecule has 0 aliphatic heterocycles. The van der Waals surface area contributed by atoms with Crippen molar-refractivity contribution in [2.75, 3.05) is 18.5 Å². The Hall–Kier alpha value is -1.73. The lowest BCUT2D eigenvalue weighted by molar-refractivity contribution is -0.149. The summed E-state index contributed by atoms with van der Waals surface area (Å²) >= 11 is 23.3. The number of nitrogens with one attached hydrogen (secondary N) is 1. The van der Waals surface area contributed by atoms with Crippen LogP contribution in [0.4, 0.5) is 5.69 Å². The zero-order valence-corrected chi connectivity index (χ0v) is 15.4. The van der Waals surface area contributed by atoms with Crippen molar-refractivity contribution in [1.29, 1.82) is 0 Å². The summed E-state index contributed by atoms with van der Waals surface area (Å²) in [5, 5.41) is 3.25. The third kappa shape index (κ3) is 5.93. The Balaban J connectivity index is 1.80. The van der Waals surface area contributed by atoms with Crippen LogP contribution in [-0.4, -0.2) is 30.1 Å². The van der Waals surface area contributed by atoms with Gasteiger partial charge < -0.3 is 14.8 Å². The predicted octanol–water partition coefficient (Wildman–Crippen LogP) is 4.26. The Labute approximate surface area is 162 Å². The first-order valence-electron chi connectivity index (χ1n) is 6.70. The molecule has 1 amide bonds. The second kappa shape index (κ2) is 9.10. The Morgan fingerprint density at radius 1 is 1.04 bits per heavy atom. The molecular weight excluding hydrogens is 414 g/mol. The SMILES string of the molecule is O=C(COC(=O)COc1cc(Cl)c(Cl)cc1Cl)Nc1cccnc1Cl. The number of esters is 1. The zero-order valence-electron chi connectivity index (χ0n) is 12.4. The van der Waals surface area contributed by atoms with E-state index in [1.807, 2.05) is 0 Å². The number of hydrogen-bond acceptors (Lipinski definition) is 5. The van der Waals surface area contributed by atoms with Crippen molar-refractivity contribution in [2.45, 2.75) is 0 Å². The van der Waals surface area contributed by atoms with Crippen LogP contribution in [0, 0.1) is 0 Å². The number of benzene rings is 1. The van der Waals surface area contributed by atoms with Gasteiger partial charge in [-0.15, -0.1) is 0 Å². The third-order valence-corrected chi connectivity index (χ3v) is 4.04. The van der Waals surface area contributed by atoms with Crippen molar-refractivity contribution >= 4 is 64.0 Å². The molecule has 0 saturated carbocycles. The fraction of sp³-hybridized carbons (Fsp3) is 0.133. The molecule has 0 aliphatic rings. The van der Waals surface area contributed by atoms with Gasteiger partial charge in [-0.05, 0) is 18.2 Å². The second-order valence-electron chi connectivity index (χ2n) is 4.54. The van der Waals surface area contributed by atoms with Crippen molar-refractivity contribution in [3.05, 3.63) is 50.7 Å². The van der Waals surface area contributed by atoms with E-state index in [4.69, 9.17) is 55.9 Å². The number of halogens is 4. The van der Waals surface area contributed by atoms with Crippen molar-refractivity contribution in [2.24, 2.45) is 0 Å². The van der Waals surface area contributed by atoms with E-state index in [1.165, 1.54) is 18.3 Å². The Bertz CT molecular complexity index is 801. The number of rotatable bonds is 6. The monoisotopic (exact) mass is 422 g/mol. The maximum absolute atomic E-state index is 11.7. The van der Waals surface area contributed by atoms with Gasteiger partial charge in [0.1, 0.15) is 5.75 Å². The van der Waals surface area contributed by atoms with Gasteiger partial charge in [-0.3, -0.25) is 4.79 Å². The van der Waals surface area contributed by atoms with Crippen LogP contribution in [0.25, 0.3) is 0 Å². The zero-order chi connectivity index (χ0) is 18.4. The van der Waals surface area contributed by atoms with Crippen LogP contribution < -0.4 is 10.1 Å². The number of ether oxygens (including phenoxy) is 2. The topological polar surface area (TPSA) is 77.5 Å². The summed E-state index contributed by atoms with van der Waals surface area (Å²) in [6.45, 7) is -0.971. The lowest BCUT2D eigenvalue weighted by atomic mass is 10.3. The van der Waals surface area contributed by atoms with Crippen molar-refractivity contribution in [3.63, 3.8) is 0 Å². The molecule has 2 aromatic rings. The van der Waals surface area contributed by atoms with Crippen LogP contribution in [-0.2, 0) is 14.3 Å². The molecule has 25 heavy (non-hydrogen) atoms. The number of aromatic nitrogens is 1. The van der Waals surface area contributed by atoms with Crippen LogP contribution in [0.3, 0.4) is 0 Å². The quantitative estimate of drug-likeness (QED) is 0.426. The summed E-state index contributed by atoms with van der Waals surface area (Å²) in [5.74, 6) is -1.18. The Morgan fingerprint density at radius 2 is 1.76 bits per heavy atom. The minimum absolute atomic E-state index is 0.125. The van der Waals surface area contributed by atoms with Gasteiger partial charge in [-0.1, -0.05) is 46.4 Å². The van der Waals surface area contributed by atoms with Gasteiger partial charge in [0.2, 0.25) is 0 Å². The molecule has 1 aromatic heterocycles. The molecule has 1 N–H and O–H groups in total. The lowest BCUT2D eigenvalue weighted by Gasteiger charge is -2.10. The molecule has 10 heteroatoms. The Morgan fingerprint density at radius 3 is 2.48 bits per heavy atom. The van der Waals surface area contributed by atoms with Gasteiger partial charge in [0.05, 0.1) is 20.8 Å². The molecule has 0 aliphatic carbocycles. The molecule has 1 aromatic carbocycles. The number of pyridine rings is 1. The van der Waals surface area contributed by atoms with E-state index < -0.39 is 25.1 Å². The van der Waals surface area contributed by atoms with Crippen LogP contribution in [0.2, 0.25) is 20.2 Å². The average molecular weight is 424 g/mol. The molecule has 0 saturated heterocycles. The van der Waals surface area contributed by atoms with Crippen LogP contribution >= 0.6 is 46.4 Å². The molecule has 0 bridgehead atoms. The van der Waals surface area contributed by atoms with E-state index in [0.29, 0.717) is 5.69 Å². The van der Waals surface area contributed by atoms with E-state index in [1.54, 1.807) is 12.1 Å². The number of anilines is 1. The van der Waals surface area contributed by atoms with Gasteiger partial charge >= 0.3 is 5.97 Å². The van der Waals surface area contributed by atoms with Gasteiger partial charge in [0, 0.05) is 12.3 Å². The van der Waals surface area contributed by atoms with E-state index in [9.17, 15) is 9.59 Å². The highest BCUT2D eigenvalue weighted by atomic mass is 35.5. The minimum atomic E-state index is -0.769. The van der Waals surface area contributed by atoms with Crippen molar-refractivity contribution < 1.29 is 19.1 Å². The summed E-state index contributed by atoms with van der Waals surface area (Å²) in [6, 6.07) is 5.92. The fourth-order valence-corrected chi connectivity index (χ4v) is 2.36. The van der Waals surface area contributed by atoms with E-state index in [2.05, 4.69) is 10.3 Å². The van der Waals surface area contributed by atoms with Gasteiger partial charge in [0.25, 0.3) is 5.91 Å². The van der Waals surface area contributed by atoms with E-state index >= 15 is 0 Å². The standard InChI is InChI=1S/C15H10Cl4N2O4/c16-8-4-10(18)12(5-9(8)17)24-7-14(23)25-6-13(22)21-11-2-1-3-20-15(11)19/h1-5H,6-7H2,(H,21,22). The predicted molar refractivity (Wildman–Crippen MR) is 95.8 cm³/mol. The summed E-state index contributed by atoms with van der Waals surface area (Å²) in [7, 11) is 0. The summed E-state index contributed by atoms with van der Waals surface area (Å²) in [6.07, 6.45) is 1.48. The molecule has 6 nitrogen and oxygen atoms in total. The lowest BCUT2D eigenvalue weighted by Crippen LogP contribution is -2.23. The second-order valence-corrected chi connectivity index (χ2v) is 6.12. The summed E-state index contributed by atoms with van der Waals surface area (Å²) < 4.78 is 9.98. The van der Waals surface area contributed by atoms with Gasteiger partial charge in [-0.25, -0.2) is 9.78 Å². The summed E-state index contributed by atoms with van der Waals surface area (Å²) in [5.41, 5.74) is 0.309. The van der Waals surface area contributed by atoms with E-state index in [0.717, 1.165) is 0 Å². The highest BCUT2D eigenvalue weighted by molar-refractivity contribution is 6.43. The molecule has 132 valence electrons. The van der Waals surface area contributed by atoms with Crippen LogP contribution in [0.15, 0.2) is 30.5 Å². The largest absolute Gasteiger partial charge is 0.480 e. The average Bonchev–Trinajstić information content (AvgIpc) is 2.57. The molecule has 0 radical (unpaired) electrons. The number of nitrogens with zero attached hydrogens (tertiary/aromatic N) is 1. The third-order valence-electron chi connectivity index (χ3n) is 2.72. The first-order chi connectivity index (χ1) is 11.9. The molecule has 0 atom stereocenters. The number of amides is 1. The number of carbonyl (C=O) groups is 2. The highest BCUT2D eigenvalue weighted by Gasteiger charge is 2.12. The van der Waals surface area contributed by atoms with Crippen molar-refractivity contribution in [1.82, 2.24) is 4.98 Å². The van der Waals surface area contributed by atoms with E-state index in [-0.39, 0.29) is 26.0 Å². The van der Waals surface area contributed by atoms with Crippen LogP contribution in [0.1, 0.15) is 0 Å². The molecule has 2 rings (SSSR count). The minimum Gasteiger partial charge on any atom is -0.480 e. The van der Waals surface area contributed by atoms with Crippen molar-refractivity contribution in [3.8, 4) is 5.75 Å². The number of carbonyl (C=O) groups excluding carboxylic acids is 2. The molecule has 1 heterocycles. The highest BCUT2D eigenvalue weighted by Crippen LogP contribution is 2.33. The smallest absolute Gasteiger partial charge is 0.344 e. The number of hydrogen-bond donors (Lipinski definition) is 1. The molecular formula is C15H10Cl4N2O4.